The monoisotopic (exact) mass is 391 g/mol. The Bertz CT molecular complexity index is 1120. The first kappa shape index (κ1) is 18.9. The Labute approximate surface area is 167 Å². The van der Waals surface area contributed by atoms with Gasteiger partial charge in [-0.25, -0.2) is 8.42 Å². The molecule has 0 saturated carbocycles. The van der Waals surface area contributed by atoms with Gasteiger partial charge in [-0.1, -0.05) is 65.7 Å². The van der Waals surface area contributed by atoms with Gasteiger partial charge >= 0.3 is 0 Å². The Morgan fingerprint density at radius 1 is 0.821 bits per heavy atom. The minimum absolute atomic E-state index is 0.309. The summed E-state index contributed by atoms with van der Waals surface area (Å²) in [6.45, 7) is 6.55. The maximum atomic E-state index is 13.6. The zero-order chi connectivity index (χ0) is 19.9. The van der Waals surface area contributed by atoms with Gasteiger partial charge in [0.1, 0.15) is 0 Å². The van der Waals surface area contributed by atoms with Crippen molar-refractivity contribution in [3.63, 3.8) is 0 Å². The lowest BCUT2D eigenvalue weighted by atomic mass is 9.87. The van der Waals surface area contributed by atoms with E-state index in [-0.39, 0.29) is 6.04 Å². The predicted octanol–water partition coefficient (Wildman–Crippen LogP) is 4.95. The zero-order valence-corrected chi connectivity index (χ0v) is 17.3. The summed E-state index contributed by atoms with van der Waals surface area (Å²) in [7, 11) is -3.62. The number of hydrogen-bond acceptors (Lipinski definition) is 2. The van der Waals surface area contributed by atoms with Crippen molar-refractivity contribution in [3.05, 3.63) is 100 Å². The van der Waals surface area contributed by atoms with Crippen molar-refractivity contribution in [2.24, 2.45) is 0 Å². The smallest absolute Gasteiger partial charge is 0.207 e. The van der Waals surface area contributed by atoms with Gasteiger partial charge in [-0.2, -0.15) is 4.31 Å². The fourth-order valence-electron chi connectivity index (χ4n) is 4.03. The molecule has 3 nitrogen and oxygen atoms in total. The first-order valence-corrected chi connectivity index (χ1v) is 11.1. The normalized spacial score (nSPS) is 17.3. The molecule has 1 atom stereocenters. The fraction of sp³-hybridized carbons (Fsp3) is 0.250. The van der Waals surface area contributed by atoms with Crippen molar-refractivity contribution in [2.45, 2.75) is 38.1 Å². The van der Waals surface area contributed by atoms with Crippen LogP contribution in [0.2, 0.25) is 0 Å². The molecular formula is C24H25NO2S. The van der Waals surface area contributed by atoms with Crippen molar-refractivity contribution in [1.29, 1.82) is 0 Å². The number of hydrogen-bond donors (Lipinski definition) is 0. The quantitative estimate of drug-likeness (QED) is 0.634. The molecule has 1 aliphatic rings. The Balaban J connectivity index is 1.91. The van der Waals surface area contributed by atoms with Crippen LogP contribution in [0.4, 0.5) is 0 Å². The van der Waals surface area contributed by atoms with Crippen LogP contribution in [0.1, 0.15) is 39.4 Å². The Hall–Kier alpha value is -2.43. The highest BCUT2D eigenvalue weighted by atomic mass is 32.2. The SMILES string of the molecule is Cc1ccc(S(=O)(=O)N2CCc3ccc(C)cc3C2c2ccccc2C)cc1. The minimum atomic E-state index is -3.62. The van der Waals surface area contributed by atoms with E-state index in [4.69, 9.17) is 0 Å². The van der Waals surface area contributed by atoms with Crippen molar-refractivity contribution >= 4 is 10.0 Å². The second-order valence-corrected chi connectivity index (χ2v) is 9.53. The van der Waals surface area contributed by atoms with Crippen LogP contribution in [0.3, 0.4) is 0 Å². The summed E-state index contributed by atoms with van der Waals surface area (Å²) in [6, 6.07) is 21.3. The van der Waals surface area contributed by atoms with Gasteiger partial charge in [0.25, 0.3) is 0 Å². The van der Waals surface area contributed by atoms with Gasteiger partial charge in [-0.05, 0) is 61.6 Å². The van der Waals surface area contributed by atoms with E-state index >= 15 is 0 Å². The molecule has 0 aromatic heterocycles. The summed E-state index contributed by atoms with van der Waals surface area (Å²) in [6.07, 6.45) is 0.725. The van der Waals surface area contributed by atoms with Crippen molar-refractivity contribution in [3.8, 4) is 0 Å². The molecule has 1 unspecified atom stereocenters. The molecule has 28 heavy (non-hydrogen) atoms. The molecule has 0 amide bonds. The molecule has 3 aromatic rings. The molecule has 3 aromatic carbocycles. The van der Waals surface area contributed by atoms with Crippen LogP contribution in [0.15, 0.2) is 71.6 Å². The summed E-state index contributed by atoms with van der Waals surface area (Å²) in [5.41, 5.74) is 6.67. The Morgan fingerprint density at radius 3 is 2.21 bits per heavy atom. The number of rotatable bonds is 3. The number of sulfonamides is 1. The van der Waals surface area contributed by atoms with E-state index in [9.17, 15) is 8.42 Å². The van der Waals surface area contributed by atoms with Gasteiger partial charge in [0.15, 0.2) is 0 Å². The Kier molecular flexibility index (Phi) is 4.86. The van der Waals surface area contributed by atoms with Crippen LogP contribution in [0.25, 0.3) is 0 Å². The van der Waals surface area contributed by atoms with E-state index in [1.807, 2.05) is 31.2 Å². The van der Waals surface area contributed by atoms with Crippen molar-refractivity contribution in [1.82, 2.24) is 4.31 Å². The van der Waals surface area contributed by atoms with Crippen LogP contribution in [-0.4, -0.2) is 19.3 Å². The van der Waals surface area contributed by atoms with E-state index in [1.54, 1.807) is 16.4 Å². The number of aryl methyl sites for hydroxylation is 3. The number of nitrogens with zero attached hydrogens (tertiary/aromatic N) is 1. The summed E-state index contributed by atoms with van der Waals surface area (Å²) in [4.78, 5) is 0.354. The minimum Gasteiger partial charge on any atom is -0.207 e. The van der Waals surface area contributed by atoms with Gasteiger partial charge in [-0.15, -0.1) is 0 Å². The van der Waals surface area contributed by atoms with Crippen LogP contribution in [-0.2, 0) is 16.4 Å². The van der Waals surface area contributed by atoms with E-state index in [0.717, 1.165) is 34.2 Å². The largest absolute Gasteiger partial charge is 0.243 e. The third kappa shape index (κ3) is 3.27. The van der Waals surface area contributed by atoms with Crippen LogP contribution in [0, 0.1) is 20.8 Å². The lowest BCUT2D eigenvalue weighted by molar-refractivity contribution is 0.343. The maximum Gasteiger partial charge on any atom is 0.243 e. The summed E-state index contributed by atoms with van der Waals surface area (Å²) in [5, 5.41) is 0. The van der Waals surface area contributed by atoms with Crippen LogP contribution < -0.4 is 0 Å². The van der Waals surface area contributed by atoms with E-state index in [2.05, 4.69) is 44.2 Å². The van der Waals surface area contributed by atoms with Crippen LogP contribution >= 0.6 is 0 Å². The van der Waals surface area contributed by atoms with Gasteiger partial charge < -0.3 is 0 Å². The standard InChI is InChI=1S/C24H25NO2S/c1-17-9-12-21(13-10-17)28(26,27)25-15-14-20-11-8-18(2)16-23(20)24(25)22-7-5-4-6-19(22)3/h4-13,16,24H,14-15H2,1-3H3. The van der Waals surface area contributed by atoms with E-state index in [0.29, 0.717) is 11.4 Å². The summed E-state index contributed by atoms with van der Waals surface area (Å²) < 4.78 is 28.9. The van der Waals surface area contributed by atoms with Gasteiger partial charge in [0, 0.05) is 6.54 Å². The third-order valence-corrected chi connectivity index (χ3v) is 7.47. The van der Waals surface area contributed by atoms with Gasteiger partial charge in [-0.3, -0.25) is 0 Å². The molecule has 0 spiro atoms. The third-order valence-electron chi connectivity index (χ3n) is 5.60. The zero-order valence-electron chi connectivity index (χ0n) is 16.5. The highest BCUT2D eigenvalue weighted by Gasteiger charge is 2.37. The molecule has 0 bridgehead atoms. The lowest BCUT2D eigenvalue weighted by Crippen LogP contribution is -2.40. The molecule has 0 N–H and O–H groups in total. The van der Waals surface area contributed by atoms with Crippen molar-refractivity contribution in [2.75, 3.05) is 6.54 Å². The molecule has 1 heterocycles. The average Bonchev–Trinajstić information content (AvgIpc) is 2.68. The highest BCUT2D eigenvalue weighted by molar-refractivity contribution is 7.89. The maximum absolute atomic E-state index is 13.6. The average molecular weight is 392 g/mol. The van der Waals surface area contributed by atoms with Gasteiger partial charge in [0.05, 0.1) is 10.9 Å². The van der Waals surface area contributed by atoms with E-state index < -0.39 is 10.0 Å². The molecule has 0 fully saturated rings. The molecule has 4 rings (SSSR count). The summed E-state index contributed by atoms with van der Waals surface area (Å²) >= 11 is 0. The highest BCUT2D eigenvalue weighted by Crippen LogP contribution is 2.40. The molecular weight excluding hydrogens is 366 g/mol. The molecule has 4 heteroatoms. The molecule has 0 aliphatic carbocycles. The van der Waals surface area contributed by atoms with E-state index in [1.165, 1.54) is 5.56 Å². The van der Waals surface area contributed by atoms with Crippen molar-refractivity contribution < 1.29 is 8.42 Å². The predicted molar refractivity (Wildman–Crippen MR) is 113 cm³/mol. The first-order valence-electron chi connectivity index (χ1n) is 9.61. The van der Waals surface area contributed by atoms with Gasteiger partial charge in [0.2, 0.25) is 10.0 Å². The Morgan fingerprint density at radius 2 is 1.50 bits per heavy atom. The molecule has 1 aliphatic heterocycles. The second kappa shape index (κ2) is 7.19. The molecule has 0 radical (unpaired) electrons. The summed E-state index contributed by atoms with van der Waals surface area (Å²) in [5.74, 6) is 0. The molecule has 0 saturated heterocycles. The fourth-order valence-corrected chi connectivity index (χ4v) is 5.62. The topological polar surface area (TPSA) is 37.4 Å². The first-order chi connectivity index (χ1) is 13.4. The molecule has 144 valence electrons. The second-order valence-electron chi connectivity index (χ2n) is 7.64. The number of benzene rings is 3. The lowest BCUT2D eigenvalue weighted by Gasteiger charge is -2.37. The van der Waals surface area contributed by atoms with Crippen LogP contribution in [0.5, 0.6) is 0 Å². The number of fused-ring (bicyclic) bond motifs is 1.